The summed E-state index contributed by atoms with van der Waals surface area (Å²) in [5.41, 5.74) is 11.7. The van der Waals surface area contributed by atoms with Crippen LogP contribution >= 0.6 is 0 Å². The Morgan fingerprint density at radius 1 is 0.783 bits per heavy atom. The lowest BCUT2D eigenvalue weighted by molar-refractivity contribution is -0.380. The number of methoxy groups -OCH3 is 3. The van der Waals surface area contributed by atoms with Crippen LogP contribution in [0.15, 0.2) is 0 Å². The Hall–Kier alpha value is -0.200. The highest BCUT2D eigenvalue weighted by Crippen LogP contribution is 2.32. The van der Waals surface area contributed by atoms with Gasteiger partial charge >= 0.3 is 0 Å². The maximum atomic E-state index is 6.11. The molecule has 0 saturated carbocycles. The fraction of sp³-hybridized carbons (Fsp3) is 1.00. The van der Waals surface area contributed by atoms with Crippen molar-refractivity contribution < 1.29 is 14.2 Å². The minimum Gasteiger partial charge on any atom is -0.331 e. The third kappa shape index (κ3) is 9.01. The quantitative estimate of drug-likeness (QED) is 0.334. The molecule has 0 aliphatic rings. The van der Waals surface area contributed by atoms with Crippen LogP contribution in [0, 0.1) is 5.92 Å². The third-order valence-electron chi connectivity index (χ3n) is 4.68. The molecule has 5 nitrogen and oxygen atoms in total. The van der Waals surface area contributed by atoms with Gasteiger partial charge in [-0.05, 0) is 32.2 Å². The van der Waals surface area contributed by atoms with Gasteiger partial charge in [-0.25, -0.2) is 0 Å². The molecule has 0 fully saturated rings. The van der Waals surface area contributed by atoms with Gasteiger partial charge in [0.2, 0.25) is 0 Å². The van der Waals surface area contributed by atoms with Gasteiger partial charge in [-0.1, -0.05) is 45.4 Å². The molecule has 2 atom stereocenters. The number of unbranched alkanes of at least 4 members (excludes halogenated alkanes) is 5. The predicted octanol–water partition coefficient (Wildman–Crippen LogP) is 3.40. The first-order valence-electron chi connectivity index (χ1n) is 9.21. The number of rotatable bonds is 16. The van der Waals surface area contributed by atoms with Gasteiger partial charge in [0.05, 0.1) is 0 Å². The van der Waals surface area contributed by atoms with E-state index in [0.717, 1.165) is 25.7 Å². The Balaban J connectivity index is 4.48. The highest BCUT2D eigenvalue weighted by Gasteiger charge is 2.39. The van der Waals surface area contributed by atoms with Crippen LogP contribution in [0.3, 0.4) is 0 Å². The molecule has 0 heterocycles. The van der Waals surface area contributed by atoms with Crippen molar-refractivity contribution in [3.05, 3.63) is 0 Å². The van der Waals surface area contributed by atoms with Crippen molar-refractivity contribution in [2.75, 3.05) is 27.9 Å². The maximum Gasteiger partial charge on any atom is 0.285 e. The molecule has 23 heavy (non-hydrogen) atoms. The molecule has 0 aromatic heterocycles. The van der Waals surface area contributed by atoms with Crippen LogP contribution in [0.2, 0.25) is 0 Å². The lowest BCUT2D eigenvalue weighted by atomic mass is 9.91. The molecular formula is C18H40N2O3. The van der Waals surface area contributed by atoms with Crippen LogP contribution in [0.4, 0.5) is 0 Å². The smallest absolute Gasteiger partial charge is 0.285 e. The average Bonchev–Trinajstić information content (AvgIpc) is 2.57. The van der Waals surface area contributed by atoms with E-state index in [2.05, 4.69) is 6.92 Å². The van der Waals surface area contributed by atoms with Gasteiger partial charge in [0.1, 0.15) is 0 Å². The van der Waals surface area contributed by atoms with Gasteiger partial charge in [0.15, 0.2) is 0 Å². The van der Waals surface area contributed by atoms with Crippen molar-refractivity contribution in [2.24, 2.45) is 17.4 Å². The van der Waals surface area contributed by atoms with E-state index in [1.165, 1.54) is 38.5 Å². The fourth-order valence-electron chi connectivity index (χ4n) is 3.19. The second-order valence-electron chi connectivity index (χ2n) is 6.38. The summed E-state index contributed by atoms with van der Waals surface area (Å²) in [6, 6.07) is 0.135. The van der Waals surface area contributed by atoms with Crippen LogP contribution in [-0.4, -0.2) is 39.9 Å². The van der Waals surface area contributed by atoms with E-state index in [9.17, 15) is 0 Å². The Morgan fingerprint density at radius 2 is 1.35 bits per heavy atom. The highest BCUT2D eigenvalue weighted by atomic mass is 16.9. The predicted molar refractivity (Wildman–Crippen MR) is 96.1 cm³/mol. The fourth-order valence-corrected chi connectivity index (χ4v) is 3.19. The number of hydrogen-bond donors (Lipinski definition) is 2. The molecule has 4 N–H and O–H groups in total. The number of ether oxygens (including phenoxy) is 3. The third-order valence-corrected chi connectivity index (χ3v) is 4.68. The zero-order valence-electron chi connectivity index (χ0n) is 15.8. The van der Waals surface area contributed by atoms with Gasteiger partial charge in [0, 0.05) is 33.3 Å². The van der Waals surface area contributed by atoms with E-state index in [0.29, 0.717) is 6.54 Å². The van der Waals surface area contributed by atoms with Crippen LogP contribution < -0.4 is 11.5 Å². The summed E-state index contributed by atoms with van der Waals surface area (Å²) < 4.78 is 16.7. The van der Waals surface area contributed by atoms with Crippen molar-refractivity contribution in [3.63, 3.8) is 0 Å². The molecule has 5 heteroatoms. The van der Waals surface area contributed by atoms with Crippen molar-refractivity contribution >= 4 is 0 Å². The number of nitrogens with two attached hydrogens (primary N) is 2. The molecule has 0 spiro atoms. The van der Waals surface area contributed by atoms with Crippen LogP contribution in [-0.2, 0) is 14.2 Å². The van der Waals surface area contributed by atoms with Gasteiger partial charge in [0.25, 0.3) is 5.97 Å². The van der Waals surface area contributed by atoms with E-state index in [4.69, 9.17) is 25.7 Å². The van der Waals surface area contributed by atoms with E-state index >= 15 is 0 Å². The van der Waals surface area contributed by atoms with Gasteiger partial charge in [-0.2, -0.15) is 0 Å². The second-order valence-corrected chi connectivity index (χ2v) is 6.38. The molecule has 0 aliphatic carbocycles. The normalized spacial score (nSPS) is 14.9. The van der Waals surface area contributed by atoms with E-state index in [1.54, 1.807) is 21.3 Å². The van der Waals surface area contributed by atoms with E-state index < -0.39 is 5.97 Å². The molecule has 140 valence electrons. The van der Waals surface area contributed by atoms with E-state index in [1.807, 2.05) is 0 Å². The Bertz CT molecular complexity index is 252. The van der Waals surface area contributed by atoms with Crippen LogP contribution in [0.1, 0.15) is 71.1 Å². The minimum atomic E-state index is -0.966. The summed E-state index contributed by atoms with van der Waals surface area (Å²) in [6.45, 7) is 2.87. The van der Waals surface area contributed by atoms with Gasteiger partial charge < -0.3 is 25.7 Å². The highest BCUT2D eigenvalue weighted by molar-refractivity contribution is 4.74. The molecule has 0 saturated heterocycles. The first kappa shape index (κ1) is 22.8. The summed E-state index contributed by atoms with van der Waals surface area (Å²) >= 11 is 0. The summed E-state index contributed by atoms with van der Waals surface area (Å²) in [6.07, 6.45) is 11.4. The largest absolute Gasteiger partial charge is 0.331 e. The van der Waals surface area contributed by atoms with Crippen molar-refractivity contribution in [1.82, 2.24) is 0 Å². The second kappa shape index (κ2) is 14.2. The van der Waals surface area contributed by atoms with Crippen LogP contribution in [0.25, 0.3) is 0 Å². The molecular weight excluding hydrogens is 292 g/mol. The van der Waals surface area contributed by atoms with Crippen LogP contribution in [0.5, 0.6) is 0 Å². The summed E-state index contributed by atoms with van der Waals surface area (Å²) in [4.78, 5) is 0. The van der Waals surface area contributed by atoms with Gasteiger partial charge in [-0.15, -0.1) is 0 Å². The Kier molecular flexibility index (Phi) is 14.0. The maximum absolute atomic E-state index is 6.11. The minimum absolute atomic E-state index is 0.135. The summed E-state index contributed by atoms with van der Waals surface area (Å²) in [5.74, 6) is -0.788. The molecule has 0 amide bonds. The molecule has 2 unspecified atom stereocenters. The lowest BCUT2D eigenvalue weighted by Crippen LogP contribution is -2.44. The Labute approximate surface area is 143 Å². The molecule has 0 aromatic rings. The molecule has 0 aliphatic heterocycles. The number of hydrogen-bond acceptors (Lipinski definition) is 5. The summed E-state index contributed by atoms with van der Waals surface area (Å²) in [5, 5.41) is 0. The average molecular weight is 333 g/mol. The summed E-state index contributed by atoms with van der Waals surface area (Å²) in [7, 11) is 4.92. The van der Waals surface area contributed by atoms with Crippen molar-refractivity contribution in [2.45, 2.75) is 83.1 Å². The molecule has 0 aromatic carbocycles. The zero-order valence-corrected chi connectivity index (χ0v) is 15.8. The Morgan fingerprint density at radius 3 is 1.87 bits per heavy atom. The monoisotopic (exact) mass is 332 g/mol. The standard InChI is InChI=1S/C18H40N2O3/c1-5-6-7-8-9-10-11-16(12-13-17(20)14-15-19)18(21-2,22-3)23-4/h16-17H,5-15,19-20H2,1-4H3. The SMILES string of the molecule is CCCCCCCCC(CCC(N)CCN)C(OC)(OC)OC. The molecule has 0 radical (unpaired) electrons. The van der Waals surface area contributed by atoms with Gasteiger partial charge in [-0.3, -0.25) is 0 Å². The van der Waals surface area contributed by atoms with Crippen molar-refractivity contribution in [1.29, 1.82) is 0 Å². The lowest BCUT2D eigenvalue weighted by Gasteiger charge is -2.37. The first-order chi connectivity index (χ1) is 11.1. The molecule has 0 bridgehead atoms. The van der Waals surface area contributed by atoms with E-state index in [-0.39, 0.29) is 12.0 Å². The first-order valence-corrected chi connectivity index (χ1v) is 9.21. The molecule has 0 rings (SSSR count). The van der Waals surface area contributed by atoms with Crippen molar-refractivity contribution in [3.8, 4) is 0 Å². The zero-order chi connectivity index (χ0) is 17.6. The topological polar surface area (TPSA) is 79.7 Å².